The highest BCUT2D eigenvalue weighted by atomic mass is 32.1. The second-order valence-corrected chi connectivity index (χ2v) is 5.92. The number of amides is 1. The van der Waals surface area contributed by atoms with Gasteiger partial charge in [0.05, 0.1) is 17.7 Å². The number of carbonyl (C=O) groups is 1. The van der Waals surface area contributed by atoms with Crippen molar-refractivity contribution < 1.29 is 9.21 Å². The molecule has 0 spiro atoms. The molecule has 132 valence electrons. The lowest BCUT2D eigenvalue weighted by atomic mass is 10.1. The largest absolute Gasteiger partial charge is 0.422 e. The number of fused-ring (bicyclic) bond motifs is 1. The summed E-state index contributed by atoms with van der Waals surface area (Å²) in [6.45, 7) is 1.59. The van der Waals surface area contributed by atoms with E-state index in [1.165, 1.54) is 6.07 Å². The Morgan fingerprint density at radius 2 is 2.00 bits per heavy atom. The first-order valence-electron chi connectivity index (χ1n) is 7.61. The zero-order valence-electron chi connectivity index (χ0n) is 13.7. The SMILES string of the molecule is C/C(=N/NC(=O)Cc1cc(=O)[nH]c(=S)[nH]1)c1cc2ccccc2oc1=O. The minimum Gasteiger partial charge on any atom is -0.422 e. The minimum absolute atomic E-state index is 0.114. The fourth-order valence-corrected chi connectivity index (χ4v) is 2.58. The number of nitrogens with one attached hydrogen (secondary N) is 3. The van der Waals surface area contributed by atoms with Crippen molar-refractivity contribution in [2.24, 2.45) is 5.10 Å². The maximum Gasteiger partial charge on any atom is 0.345 e. The predicted octanol–water partition coefficient (Wildman–Crippen LogP) is 1.62. The third-order valence-electron chi connectivity index (χ3n) is 3.55. The maximum atomic E-state index is 12.1. The third-order valence-corrected chi connectivity index (χ3v) is 3.75. The number of hydrogen-bond acceptors (Lipinski definition) is 6. The Hall–Kier alpha value is -3.33. The lowest BCUT2D eigenvalue weighted by Crippen LogP contribution is -2.24. The summed E-state index contributed by atoms with van der Waals surface area (Å²) in [6, 6.07) is 9.99. The molecule has 0 unspecified atom stereocenters. The Labute approximate surface area is 151 Å². The number of hydrazone groups is 1. The molecular formula is C17H14N4O4S. The summed E-state index contributed by atoms with van der Waals surface area (Å²) in [4.78, 5) is 40.5. The molecule has 0 radical (unpaired) electrons. The summed E-state index contributed by atoms with van der Waals surface area (Å²) in [6.07, 6.45) is -0.114. The molecule has 0 atom stereocenters. The first-order chi connectivity index (χ1) is 12.4. The van der Waals surface area contributed by atoms with E-state index in [1.807, 2.05) is 12.1 Å². The summed E-state index contributed by atoms with van der Waals surface area (Å²) < 4.78 is 5.37. The quantitative estimate of drug-likeness (QED) is 0.279. The van der Waals surface area contributed by atoms with E-state index in [1.54, 1.807) is 25.1 Å². The van der Waals surface area contributed by atoms with Crippen LogP contribution in [-0.4, -0.2) is 21.6 Å². The van der Waals surface area contributed by atoms with Gasteiger partial charge in [-0.1, -0.05) is 18.2 Å². The molecule has 0 bridgehead atoms. The molecule has 0 aliphatic rings. The Morgan fingerprint density at radius 3 is 2.77 bits per heavy atom. The van der Waals surface area contributed by atoms with E-state index in [-0.39, 0.29) is 16.8 Å². The average molecular weight is 370 g/mol. The van der Waals surface area contributed by atoms with Crippen LogP contribution in [0.4, 0.5) is 0 Å². The number of benzene rings is 1. The number of para-hydroxylation sites is 1. The molecule has 2 aromatic heterocycles. The van der Waals surface area contributed by atoms with Crippen LogP contribution in [0.15, 0.2) is 55.5 Å². The topological polar surface area (TPSA) is 120 Å². The number of H-pyrrole nitrogens is 2. The highest BCUT2D eigenvalue weighted by Crippen LogP contribution is 2.12. The molecule has 1 amide bonds. The van der Waals surface area contributed by atoms with Gasteiger partial charge < -0.3 is 9.40 Å². The van der Waals surface area contributed by atoms with Crippen molar-refractivity contribution in [2.75, 3.05) is 0 Å². The monoisotopic (exact) mass is 370 g/mol. The highest BCUT2D eigenvalue weighted by Gasteiger charge is 2.09. The van der Waals surface area contributed by atoms with E-state index < -0.39 is 17.1 Å². The number of nitrogens with zero attached hydrogens (tertiary/aromatic N) is 1. The summed E-state index contributed by atoms with van der Waals surface area (Å²) in [5.74, 6) is -0.467. The van der Waals surface area contributed by atoms with Crippen molar-refractivity contribution in [1.82, 2.24) is 15.4 Å². The Balaban J connectivity index is 1.78. The van der Waals surface area contributed by atoms with Crippen molar-refractivity contribution in [3.05, 3.63) is 73.2 Å². The Kier molecular flexibility index (Phi) is 4.90. The molecular weight excluding hydrogens is 356 g/mol. The molecule has 0 aliphatic carbocycles. The molecule has 2 heterocycles. The van der Waals surface area contributed by atoms with E-state index in [0.29, 0.717) is 17.0 Å². The Bertz CT molecular complexity index is 1160. The van der Waals surface area contributed by atoms with Gasteiger partial charge in [0.2, 0.25) is 5.91 Å². The summed E-state index contributed by atoms with van der Waals surface area (Å²) in [7, 11) is 0. The number of rotatable bonds is 4. The molecule has 0 saturated carbocycles. The molecule has 0 aliphatic heterocycles. The number of hydrogen-bond donors (Lipinski definition) is 3. The average Bonchev–Trinajstić information content (AvgIpc) is 2.58. The van der Waals surface area contributed by atoms with Crippen molar-refractivity contribution >= 4 is 34.8 Å². The molecule has 3 rings (SSSR count). The number of aromatic amines is 2. The van der Waals surface area contributed by atoms with Gasteiger partial charge in [0.15, 0.2) is 4.77 Å². The lowest BCUT2D eigenvalue weighted by molar-refractivity contribution is -0.120. The summed E-state index contributed by atoms with van der Waals surface area (Å²) in [5.41, 5.74) is 2.79. The van der Waals surface area contributed by atoms with Crippen molar-refractivity contribution in [2.45, 2.75) is 13.3 Å². The van der Waals surface area contributed by atoms with Crippen LogP contribution in [0.5, 0.6) is 0 Å². The van der Waals surface area contributed by atoms with Gasteiger partial charge in [-0.05, 0) is 31.3 Å². The van der Waals surface area contributed by atoms with Crippen LogP contribution in [0.2, 0.25) is 0 Å². The molecule has 3 N–H and O–H groups in total. The summed E-state index contributed by atoms with van der Waals surface area (Å²) in [5, 5.41) is 4.68. The smallest absolute Gasteiger partial charge is 0.345 e. The van der Waals surface area contributed by atoms with E-state index >= 15 is 0 Å². The van der Waals surface area contributed by atoms with Crippen molar-refractivity contribution in [3.63, 3.8) is 0 Å². The predicted molar refractivity (Wildman–Crippen MR) is 98.8 cm³/mol. The van der Waals surface area contributed by atoms with Gasteiger partial charge >= 0.3 is 5.63 Å². The van der Waals surface area contributed by atoms with E-state index in [9.17, 15) is 14.4 Å². The van der Waals surface area contributed by atoms with Crippen LogP contribution >= 0.6 is 12.2 Å². The molecule has 0 saturated heterocycles. The van der Waals surface area contributed by atoms with E-state index in [4.69, 9.17) is 16.6 Å². The van der Waals surface area contributed by atoms with Crippen molar-refractivity contribution in [3.8, 4) is 0 Å². The maximum absolute atomic E-state index is 12.1. The van der Waals surface area contributed by atoms with Crippen LogP contribution in [0, 0.1) is 4.77 Å². The second kappa shape index (κ2) is 7.28. The summed E-state index contributed by atoms with van der Waals surface area (Å²) >= 11 is 4.85. The van der Waals surface area contributed by atoms with Crippen LogP contribution in [-0.2, 0) is 11.2 Å². The molecule has 9 heteroatoms. The first kappa shape index (κ1) is 17.5. The van der Waals surface area contributed by atoms with Gasteiger partial charge in [0, 0.05) is 17.1 Å². The fourth-order valence-electron chi connectivity index (χ4n) is 2.35. The molecule has 0 fully saturated rings. The fraction of sp³-hybridized carbons (Fsp3) is 0.118. The van der Waals surface area contributed by atoms with Gasteiger partial charge in [0.25, 0.3) is 5.56 Å². The zero-order valence-corrected chi connectivity index (χ0v) is 14.5. The highest BCUT2D eigenvalue weighted by molar-refractivity contribution is 7.71. The van der Waals surface area contributed by atoms with Gasteiger partial charge in [-0.2, -0.15) is 5.10 Å². The standard InChI is InChI=1S/C17H14N4O4S/c1-9(12-6-10-4-2-3-5-13(10)25-16(12)24)20-21-15(23)8-11-7-14(22)19-17(26)18-11/h2-7H,8H2,1H3,(H,21,23)(H2,18,19,22,26)/b20-9-. The number of aromatic nitrogens is 2. The third kappa shape index (κ3) is 4.01. The minimum atomic E-state index is -0.544. The van der Waals surface area contributed by atoms with Crippen molar-refractivity contribution in [1.29, 1.82) is 0 Å². The molecule has 26 heavy (non-hydrogen) atoms. The van der Waals surface area contributed by atoms with Crippen LogP contribution in [0.25, 0.3) is 11.0 Å². The normalized spacial score (nSPS) is 11.5. The van der Waals surface area contributed by atoms with E-state index in [0.717, 1.165) is 5.39 Å². The van der Waals surface area contributed by atoms with Gasteiger partial charge in [0.1, 0.15) is 5.58 Å². The molecule has 1 aromatic carbocycles. The van der Waals surface area contributed by atoms with Crippen LogP contribution < -0.4 is 16.6 Å². The zero-order chi connectivity index (χ0) is 18.7. The lowest BCUT2D eigenvalue weighted by Gasteiger charge is -2.04. The van der Waals surface area contributed by atoms with E-state index in [2.05, 4.69) is 20.5 Å². The van der Waals surface area contributed by atoms with Gasteiger partial charge in [-0.25, -0.2) is 10.2 Å². The van der Waals surface area contributed by atoms with Crippen LogP contribution in [0.1, 0.15) is 18.2 Å². The van der Waals surface area contributed by atoms with Gasteiger partial charge in [-0.3, -0.25) is 14.6 Å². The second-order valence-electron chi connectivity index (χ2n) is 5.51. The number of carbonyl (C=O) groups excluding carboxylic acids is 1. The molecule has 8 nitrogen and oxygen atoms in total. The Morgan fingerprint density at radius 1 is 1.23 bits per heavy atom. The van der Waals surface area contributed by atoms with Crippen LogP contribution in [0.3, 0.4) is 0 Å². The van der Waals surface area contributed by atoms with Gasteiger partial charge in [-0.15, -0.1) is 0 Å². The molecule has 3 aromatic rings. The first-order valence-corrected chi connectivity index (χ1v) is 8.02.